The number of rotatable bonds is 4. The Morgan fingerprint density at radius 3 is 2.26 bits per heavy atom. The van der Waals surface area contributed by atoms with E-state index in [2.05, 4.69) is 41.6 Å². The van der Waals surface area contributed by atoms with Gasteiger partial charge in [-0.1, -0.05) is 18.6 Å². The van der Waals surface area contributed by atoms with E-state index in [-0.39, 0.29) is 6.54 Å². The van der Waals surface area contributed by atoms with Crippen LogP contribution in [0.1, 0.15) is 57.1 Å². The van der Waals surface area contributed by atoms with Crippen LogP contribution in [0.15, 0.2) is 11.6 Å². The molecular formula is C19H31F3N4O. The first-order valence-corrected chi connectivity index (χ1v) is 9.26. The topological polar surface area (TPSA) is 64.3 Å². The van der Waals surface area contributed by atoms with Gasteiger partial charge in [0.1, 0.15) is 11.6 Å². The number of anilines is 1. The monoisotopic (exact) mass is 388 g/mol. The number of hydrogen-bond donors (Lipinski definition) is 1. The normalized spacial score (nSPS) is 16.2. The molecule has 0 saturated carbocycles. The zero-order valence-corrected chi connectivity index (χ0v) is 16.9. The summed E-state index contributed by atoms with van der Waals surface area (Å²) >= 11 is 0. The highest BCUT2D eigenvalue weighted by Crippen LogP contribution is 2.28. The summed E-state index contributed by atoms with van der Waals surface area (Å²) < 4.78 is 40.7. The number of aryl methyl sites for hydroxylation is 1. The molecule has 154 valence electrons. The summed E-state index contributed by atoms with van der Waals surface area (Å²) in [7, 11) is 0. The van der Waals surface area contributed by atoms with Gasteiger partial charge < -0.3 is 10.6 Å². The van der Waals surface area contributed by atoms with Crippen molar-refractivity contribution >= 4 is 5.82 Å². The van der Waals surface area contributed by atoms with Gasteiger partial charge in [-0.05, 0) is 47.0 Å². The van der Waals surface area contributed by atoms with Crippen molar-refractivity contribution in [1.29, 1.82) is 0 Å². The first-order chi connectivity index (χ1) is 12.6. The minimum Gasteiger partial charge on any atom is -0.356 e. The molecule has 0 unspecified atom stereocenters. The highest BCUT2D eigenvalue weighted by Gasteiger charge is 2.35. The highest BCUT2D eigenvalue weighted by molar-refractivity contribution is 5.48. The fourth-order valence-electron chi connectivity index (χ4n) is 2.65. The predicted octanol–water partition coefficient (Wildman–Crippen LogP) is 4.42. The average Bonchev–Trinajstić information content (AvgIpc) is 2.63. The number of halogens is 3. The maximum absolute atomic E-state index is 12.2. The number of allylic oxidation sites excluding steroid dienone is 2. The summed E-state index contributed by atoms with van der Waals surface area (Å²) in [6, 6.07) is 0. The van der Waals surface area contributed by atoms with E-state index < -0.39 is 12.5 Å². The molecule has 0 radical (unpaired) electrons. The lowest BCUT2D eigenvalue weighted by molar-refractivity contribution is -0.344. The first-order valence-electron chi connectivity index (χ1n) is 9.26. The lowest BCUT2D eigenvalue weighted by atomic mass is 10.1. The van der Waals surface area contributed by atoms with Crippen molar-refractivity contribution in [2.45, 2.75) is 72.9 Å². The second-order valence-corrected chi connectivity index (χ2v) is 6.62. The summed E-state index contributed by atoms with van der Waals surface area (Å²) in [6.07, 6.45) is -1.38. The molecule has 27 heavy (non-hydrogen) atoms. The summed E-state index contributed by atoms with van der Waals surface area (Å²) in [5.41, 5.74) is 8.81. The van der Waals surface area contributed by atoms with Gasteiger partial charge in [0.05, 0.1) is 12.6 Å². The number of ether oxygens (including phenoxy) is 1. The fraction of sp³-hybridized carbons (Fsp3) is 0.684. The van der Waals surface area contributed by atoms with Gasteiger partial charge in [0, 0.05) is 24.3 Å². The van der Waals surface area contributed by atoms with Gasteiger partial charge in [0.25, 0.3) is 0 Å². The summed E-state index contributed by atoms with van der Waals surface area (Å²) in [4.78, 5) is 10.6. The van der Waals surface area contributed by atoms with Gasteiger partial charge in [-0.2, -0.15) is 0 Å². The minimum absolute atomic E-state index is 0.238. The van der Waals surface area contributed by atoms with E-state index in [4.69, 9.17) is 5.73 Å². The van der Waals surface area contributed by atoms with Crippen LogP contribution in [0.5, 0.6) is 0 Å². The average molecular weight is 388 g/mol. The van der Waals surface area contributed by atoms with Gasteiger partial charge in [-0.25, -0.2) is 9.97 Å². The van der Waals surface area contributed by atoms with Gasteiger partial charge in [-0.15, -0.1) is 13.2 Å². The molecule has 2 N–H and O–H groups in total. The molecule has 0 spiro atoms. The van der Waals surface area contributed by atoms with Crippen LogP contribution in [0.4, 0.5) is 19.0 Å². The quantitative estimate of drug-likeness (QED) is 0.774. The molecule has 0 aromatic carbocycles. The molecule has 8 heteroatoms. The number of nitrogens with two attached hydrogens (primary N) is 1. The third-order valence-electron chi connectivity index (χ3n) is 4.68. The van der Waals surface area contributed by atoms with Crippen LogP contribution in [0, 0.1) is 13.8 Å². The largest absolute Gasteiger partial charge is 0.522 e. The van der Waals surface area contributed by atoms with E-state index in [0.29, 0.717) is 31.8 Å². The lowest BCUT2D eigenvalue weighted by Gasteiger charge is -2.34. The van der Waals surface area contributed by atoms with Crippen LogP contribution in [0.2, 0.25) is 0 Å². The van der Waals surface area contributed by atoms with Crippen LogP contribution in [0.3, 0.4) is 0 Å². The number of piperidine rings is 1. The minimum atomic E-state index is -4.57. The summed E-state index contributed by atoms with van der Waals surface area (Å²) in [5.74, 6) is 1.30. The highest BCUT2D eigenvalue weighted by atomic mass is 19.4. The molecular weight excluding hydrogens is 357 g/mol. The Morgan fingerprint density at radius 1 is 1.26 bits per heavy atom. The molecule has 2 heterocycles. The first kappa shape index (κ1) is 23.4. The molecule has 1 aromatic heterocycles. The van der Waals surface area contributed by atoms with E-state index in [9.17, 15) is 13.2 Å². The maximum Gasteiger partial charge on any atom is 0.522 e. The van der Waals surface area contributed by atoms with E-state index in [0.717, 1.165) is 17.1 Å². The van der Waals surface area contributed by atoms with Gasteiger partial charge in [0.2, 0.25) is 0 Å². The molecule has 0 bridgehead atoms. The molecule has 1 aliphatic rings. The van der Waals surface area contributed by atoms with Crippen LogP contribution >= 0.6 is 0 Å². The van der Waals surface area contributed by atoms with Crippen molar-refractivity contribution in [1.82, 2.24) is 9.97 Å². The Bertz CT molecular complexity index is 624. The Labute approximate surface area is 159 Å². The number of hydrogen-bond acceptors (Lipinski definition) is 5. The van der Waals surface area contributed by atoms with Crippen molar-refractivity contribution in [2.75, 3.05) is 18.0 Å². The zero-order chi connectivity index (χ0) is 20.6. The van der Waals surface area contributed by atoms with Gasteiger partial charge in [-0.3, -0.25) is 4.74 Å². The molecule has 1 aliphatic heterocycles. The predicted molar refractivity (Wildman–Crippen MR) is 101 cm³/mol. The van der Waals surface area contributed by atoms with Crippen molar-refractivity contribution in [3.8, 4) is 0 Å². The van der Waals surface area contributed by atoms with E-state index in [1.165, 1.54) is 12.0 Å². The van der Waals surface area contributed by atoms with Crippen LogP contribution in [-0.4, -0.2) is 35.5 Å². The maximum atomic E-state index is 12.2. The summed E-state index contributed by atoms with van der Waals surface area (Å²) in [6.45, 7) is 11.3. The Balaban J connectivity index is 0.000000527. The SMILES string of the molecule is C/C=C(\C)CC.Cc1nc(CN)nc(N2CCC(OC(F)(F)F)CC2)c1C. The third kappa shape index (κ3) is 7.84. The van der Waals surface area contributed by atoms with Crippen molar-refractivity contribution < 1.29 is 17.9 Å². The van der Waals surface area contributed by atoms with Crippen LogP contribution in [-0.2, 0) is 11.3 Å². The van der Waals surface area contributed by atoms with E-state index in [1.54, 1.807) is 0 Å². The number of alkyl halides is 3. The number of aromatic nitrogens is 2. The van der Waals surface area contributed by atoms with E-state index >= 15 is 0 Å². The standard InChI is InChI=1S/C13H19F3N4O.C6H12/c1-8-9(2)18-11(7-17)19-12(8)20-5-3-10(4-6-20)21-13(14,15)16;1-4-6(3)5-2/h10H,3-7,17H2,1-2H3;4H,5H2,1-3H3/b;6-4+. The molecule has 0 amide bonds. The molecule has 0 aliphatic carbocycles. The Morgan fingerprint density at radius 2 is 1.85 bits per heavy atom. The Kier molecular flexibility index (Phi) is 9.18. The fourth-order valence-corrected chi connectivity index (χ4v) is 2.65. The van der Waals surface area contributed by atoms with Crippen LogP contribution < -0.4 is 10.6 Å². The van der Waals surface area contributed by atoms with Gasteiger partial charge >= 0.3 is 6.36 Å². The van der Waals surface area contributed by atoms with E-state index in [1.807, 2.05) is 18.7 Å². The lowest BCUT2D eigenvalue weighted by Crippen LogP contribution is -2.40. The smallest absolute Gasteiger partial charge is 0.356 e. The summed E-state index contributed by atoms with van der Waals surface area (Å²) in [5, 5.41) is 0. The van der Waals surface area contributed by atoms with Crippen molar-refractivity contribution in [2.24, 2.45) is 5.73 Å². The number of nitrogens with zero attached hydrogens (tertiary/aromatic N) is 3. The molecule has 1 aromatic rings. The Hall–Kier alpha value is -1.67. The third-order valence-corrected chi connectivity index (χ3v) is 4.68. The second-order valence-electron chi connectivity index (χ2n) is 6.62. The molecule has 1 fully saturated rings. The van der Waals surface area contributed by atoms with Gasteiger partial charge in [0.15, 0.2) is 0 Å². The zero-order valence-electron chi connectivity index (χ0n) is 16.9. The molecule has 2 rings (SSSR count). The molecule has 5 nitrogen and oxygen atoms in total. The molecule has 1 saturated heterocycles. The molecule has 0 atom stereocenters. The van der Waals surface area contributed by atoms with Crippen molar-refractivity contribution in [3.63, 3.8) is 0 Å². The van der Waals surface area contributed by atoms with Crippen LogP contribution in [0.25, 0.3) is 0 Å². The second kappa shape index (κ2) is 10.6. The van der Waals surface area contributed by atoms with Crippen molar-refractivity contribution in [3.05, 3.63) is 28.7 Å².